The number of quaternary nitrogens is 2. The van der Waals surface area contributed by atoms with Crippen LogP contribution in [-0.4, -0.2) is 139 Å². The largest absolute Gasteiger partial charge is 1.00 e. The summed E-state index contributed by atoms with van der Waals surface area (Å²) >= 11 is 0. The quantitative estimate of drug-likeness (QED) is 0.0304. The third kappa shape index (κ3) is 48.8. The zero-order valence-electron chi connectivity index (χ0n) is 41.0. The number of hydrogen-bond acceptors (Lipinski definition) is 12. The number of nitrogens with zero attached hydrogens (tertiary/aromatic N) is 2. The molecule has 0 saturated heterocycles. The molecule has 378 valence electrons. The first-order valence-corrected chi connectivity index (χ1v) is 24.1. The number of halogens is 2. The summed E-state index contributed by atoms with van der Waals surface area (Å²) in [5.74, 6) is -1.25. The fourth-order valence-electron chi connectivity index (χ4n) is 6.84. The second-order valence-electron chi connectivity index (χ2n) is 18.2. The monoisotopic (exact) mass is 958 g/mol. The minimum atomic E-state index is -0.315. The van der Waals surface area contributed by atoms with Crippen LogP contribution in [0.5, 0.6) is 0 Å². The summed E-state index contributed by atoms with van der Waals surface area (Å²) in [6.45, 7) is 6.86. The molecule has 0 aromatic rings. The average molecular weight is 959 g/mol. The van der Waals surface area contributed by atoms with E-state index in [2.05, 4.69) is 0 Å². The second-order valence-corrected chi connectivity index (χ2v) is 18.2. The highest BCUT2D eigenvalue weighted by Gasteiger charge is 2.22. The molecule has 0 atom stereocenters. The molecule has 0 N–H and O–H groups in total. The fraction of sp³-hybridized carbons (Fsp3) is 0.875. The van der Waals surface area contributed by atoms with Crippen molar-refractivity contribution >= 4 is 48.2 Å². The Balaban J connectivity index is -0.0000186. The summed E-state index contributed by atoms with van der Waals surface area (Å²) < 4.78 is 32.3. The van der Waals surface area contributed by atoms with E-state index in [4.69, 9.17) is 28.4 Å². The Morgan fingerprint density at radius 3 is 0.781 bits per heavy atom. The third-order valence-electron chi connectivity index (χ3n) is 10.8. The van der Waals surface area contributed by atoms with Crippen molar-refractivity contribution in [3.8, 4) is 0 Å². The van der Waals surface area contributed by atoms with Crippen LogP contribution < -0.4 is 12.4 Å². The van der Waals surface area contributed by atoms with Crippen molar-refractivity contribution in [2.75, 3.05) is 94.0 Å². The van der Waals surface area contributed by atoms with Crippen molar-refractivity contribution in [1.82, 2.24) is 0 Å². The number of rotatable bonds is 43. The van der Waals surface area contributed by atoms with Gasteiger partial charge in [-0.15, -0.1) is 12.4 Å². The lowest BCUT2D eigenvalue weighted by atomic mass is 10.1. The van der Waals surface area contributed by atoms with Crippen LogP contribution in [0.15, 0.2) is 0 Å². The van der Waals surface area contributed by atoms with Crippen molar-refractivity contribution in [3.63, 3.8) is 0 Å². The smallest absolute Gasteiger partial charge is 0.361 e. The topological polar surface area (TPSA) is 158 Å². The zero-order valence-corrected chi connectivity index (χ0v) is 42.6. The fourth-order valence-corrected chi connectivity index (χ4v) is 6.84. The van der Waals surface area contributed by atoms with E-state index in [1.54, 1.807) is 0 Å². The van der Waals surface area contributed by atoms with Crippen molar-refractivity contribution in [1.29, 1.82) is 0 Å². The summed E-state index contributed by atoms with van der Waals surface area (Å²) in [4.78, 5) is 70.1. The molecule has 64 heavy (non-hydrogen) atoms. The minimum Gasteiger partial charge on any atom is -1.00 e. The SMILES string of the molecule is CC(=O)OCC[N+](C)(C)CC(=O)OCCCCCCCCCCOC(=O)CCCCCCCCCCC(=O)OCCCCCCCCCCOC(=O)C[N+](C)(C)CCOC(C)=O.Cl.[Cl-]. The Labute approximate surface area is 400 Å². The normalized spacial score (nSPS) is 11.2. The molecular weight excluding hydrogens is 867 g/mol. The highest BCUT2D eigenvalue weighted by atomic mass is 35.5. The van der Waals surface area contributed by atoms with Crippen LogP contribution in [0.1, 0.15) is 181 Å². The minimum absolute atomic E-state index is 0. The van der Waals surface area contributed by atoms with Crippen molar-refractivity contribution in [2.45, 2.75) is 181 Å². The molecule has 0 aliphatic carbocycles. The van der Waals surface area contributed by atoms with Gasteiger partial charge in [0.1, 0.15) is 26.3 Å². The number of carbonyl (C=O) groups is 6. The van der Waals surface area contributed by atoms with Crippen LogP contribution in [0.3, 0.4) is 0 Å². The summed E-state index contributed by atoms with van der Waals surface area (Å²) in [5.41, 5.74) is 0. The van der Waals surface area contributed by atoms with E-state index in [1.807, 2.05) is 28.2 Å². The highest BCUT2D eigenvalue weighted by molar-refractivity contribution is 5.85. The molecule has 0 spiro atoms. The average Bonchev–Trinajstić information content (AvgIpc) is 3.18. The Kier molecular flexibility index (Phi) is 45.3. The maximum Gasteiger partial charge on any atom is 0.361 e. The van der Waals surface area contributed by atoms with Gasteiger partial charge in [-0.3, -0.25) is 19.2 Å². The second kappa shape index (κ2) is 44.2. The lowest BCUT2D eigenvalue weighted by molar-refractivity contribution is -0.883. The Morgan fingerprint density at radius 2 is 0.531 bits per heavy atom. The number of unbranched alkanes of at least 4 members (excludes halogenated alkanes) is 21. The molecule has 0 radical (unpaired) electrons. The number of esters is 6. The molecule has 0 bridgehead atoms. The van der Waals surface area contributed by atoms with Crippen LogP contribution >= 0.6 is 12.4 Å². The van der Waals surface area contributed by atoms with Crippen LogP contribution in [0.2, 0.25) is 0 Å². The van der Waals surface area contributed by atoms with E-state index in [9.17, 15) is 28.8 Å². The molecule has 0 heterocycles. The molecule has 14 nitrogen and oxygen atoms in total. The Morgan fingerprint density at radius 1 is 0.312 bits per heavy atom. The molecule has 0 aromatic carbocycles. The van der Waals surface area contributed by atoms with Gasteiger partial charge in [-0.2, -0.15) is 0 Å². The summed E-state index contributed by atoms with van der Waals surface area (Å²) in [5, 5.41) is 0. The molecule has 0 aromatic heterocycles. The lowest BCUT2D eigenvalue weighted by Crippen LogP contribution is -3.00. The highest BCUT2D eigenvalue weighted by Crippen LogP contribution is 2.14. The van der Waals surface area contributed by atoms with Gasteiger partial charge in [0, 0.05) is 26.7 Å². The number of ether oxygens (including phenoxy) is 6. The number of carbonyl (C=O) groups excluding carboxylic acids is 6. The van der Waals surface area contributed by atoms with Crippen LogP contribution in [0.4, 0.5) is 0 Å². The van der Waals surface area contributed by atoms with E-state index in [0.717, 1.165) is 154 Å². The maximum atomic E-state index is 12.1. The van der Waals surface area contributed by atoms with Gasteiger partial charge < -0.3 is 49.8 Å². The Hall–Kier alpha value is -2.68. The van der Waals surface area contributed by atoms with Crippen LogP contribution in [0.25, 0.3) is 0 Å². The molecule has 0 aliphatic rings. The number of hydrogen-bond donors (Lipinski definition) is 0. The lowest BCUT2D eigenvalue weighted by Gasteiger charge is -2.28. The van der Waals surface area contributed by atoms with E-state index in [-0.39, 0.29) is 86.9 Å². The van der Waals surface area contributed by atoms with Crippen LogP contribution in [0, 0.1) is 0 Å². The van der Waals surface area contributed by atoms with Gasteiger partial charge in [-0.25, -0.2) is 9.59 Å². The first kappa shape index (κ1) is 65.6. The van der Waals surface area contributed by atoms with Crippen molar-refractivity contribution < 1.29 is 78.6 Å². The number of likely N-dealkylation sites (N-methyl/N-ethyl adjacent to an activating group) is 2. The molecule has 0 aliphatic heterocycles. The molecule has 0 saturated carbocycles. The maximum absolute atomic E-state index is 12.1. The van der Waals surface area contributed by atoms with Gasteiger partial charge >= 0.3 is 35.8 Å². The van der Waals surface area contributed by atoms with E-state index in [0.29, 0.717) is 61.3 Å². The van der Waals surface area contributed by atoms with Crippen molar-refractivity contribution in [3.05, 3.63) is 0 Å². The predicted octanol–water partition coefficient (Wildman–Crippen LogP) is 6.01. The first-order valence-electron chi connectivity index (χ1n) is 24.1. The molecule has 0 rings (SSSR count). The molecule has 16 heteroatoms. The zero-order chi connectivity index (χ0) is 46.2. The molecule has 0 amide bonds. The molecule has 0 fully saturated rings. The van der Waals surface area contributed by atoms with Gasteiger partial charge in [-0.1, -0.05) is 116 Å². The molecule has 0 unspecified atom stereocenters. The first-order chi connectivity index (χ1) is 29.6. The van der Waals surface area contributed by atoms with Gasteiger partial charge in [0.05, 0.1) is 54.6 Å². The van der Waals surface area contributed by atoms with Gasteiger partial charge in [-0.05, 0) is 38.5 Å². The van der Waals surface area contributed by atoms with Gasteiger partial charge in [0.2, 0.25) is 0 Å². The summed E-state index contributed by atoms with van der Waals surface area (Å²) in [7, 11) is 7.66. The molecular formula is C48H91Cl2N2O12+. The van der Waals surface area contributed by atoms with E-state index < -0.39 is 0 Å². The van der Waals surface area contributed by atoms with Crippen molar-refractivity contribution in [2.24, 2.45) is 0 Å². The van der Waals surface area contributed by atoms with Crippen LogP contribution in [-0.2, 0) is 57.2 Å². The third-order valence-corrected chi connectivity index (χ3v) is 10.8. The van der Waals surface area contributed by atoms with Gasteiger partial charge in [0.25, 0.3) is 0 Å². The standard InChI is InChI=1S/C48H90N2O12.2ClH/c1-43(51)57-39-33-49(3,4)41-47(55)61-37-29-23-17-11-9-15-21-27-35-59-45(53)31-25-19-13-7-8-14-20-26-32-46(54)60-36-28-22-16-10-12-18-24-30-38-62-48(56)42-50(5,6)34-40-58-44(2)52;;/h7-42H2,1-6H3;2*1H/q+2;;/p-1. The Bertz CT molecular complexity index is 1120. The summed E-state index contributed by atoms with van der Waals surface area (Å²) in [6.07, 6.45) is 26.3. The van der Waals surface area contributed by atoms with E-state index in [1.165, 1.54) is 13.8 Å². The summed E-state index contributed by atoms with van der Waals surface area (Å²) in [6, 6.07) is 0. The predicted molar refractivity (Wildman–Crippen MR) is 248 cm³/mol. The van der Waals surface area contributed by atoms with E-state index >= 15 is 0 Å². The van der Waals surface area contributed by atoms with Gasteiger partial charge in [0.15, 0.2) is 13.1 Å².